The average molecular weight is 387 g/mol. The van der Waals surface area contributed by atoms with Crippen LogP contribution < -0.4 is 10.6 Å². The van der Waals surface area contributed by atoms with Crippen molar-refractivity contribution in [3.05, 3.63) is 70.2 Å². The Morgan fingerprint density at radius 2 is 1.67 bits per heavy atom. The molecule has 0 unspecified atom stereocenters. The second-order valence-corrected chi connectivity index (χ2v) is 6.89. The first-order chi connectivity index (χ1) is 11.6. The molecule has 24 heavy (non-hydrogen) atoms. The van der Waals surface area contributed by atoms with E-state index in [0.717, 1.165) is 22.9 Å². The van der Waals surface area contributed by atoms with Gasteiger partial charge in [0.1, 0.15) is 0 Å². The van der Waals surface area contributed by atoms with Crippen molar-refractivity contribution in [2.75, 3.05) is 13.1 Å². The first kappa shape index (κ1) is 16.7. The van der Waals surface area contributed by atoms with Gasteiger partial charge in [0.2, 0.25) is 5.91 Å². The van der Waals surface area contributed by atoms with Crippen molar-refractivity contribution in [2.45, 2.75) is 18.3 Å². The molecule has 2 amide bonds. The Morgan fingerprint density at radius 3 is 2.33 bits per heavy atom. The minimum atomic E-state index is -0.396. The Balaban J connectivity index is 1.49. The summed E-state index contributed by atoms with van der Waals surface area (Å²) in [7, 11) is 0. The molecule has 124 valence electrons. The fourth-order valence-electron chi connectivity index (χ4n) is 2.77. The van der Waals surface area contributed by atoms with Crippen molar-refractivity contribution >= 4 is 27.7 Å². The lowest BCUT2D eigenvalue weighted by Crippen LogP contribution is -2.39. The Hall–Kier alpha value is -2.14. The maximum absolute atomic E-state index is 12.5. The van der Waals surface area contributed by atoms with E-state index < -0.39 is 5.41 Å². The molecule has 1 saturated carbocycles. The normalized spacial score (nSPS) is 14.7. The number of hydrogen-bond donors (Lipinski definition) is 2. The van der Waals surface area contributed by atoms with Gasteiger partial charge in [-0.25, -0.2) is 0 Å². The van der Waals surface area contributed by atoms with Crippen LogP contribution in [0.1, 0.15) is 28.8 Å². The summed E-state index contributed by atoms with van der Waals surface area (Å²) in [6.45, 7) is 0.835. The molecule has 0 heterocycles. The van der Waals surface area contributed by atoms with Gasteiger partial charge < -0.3 is 10.6 Å². The van der Waals surface area contributed by atoms with Crippen molar-refractivity contribution < 1.29 is 9.59 Å². The van der Waals surface area contributed by atoms with Crippen LogP contribution in [0.15, 0.2) is 59.1 Å². The number of hydrogen-bond acceptors (Lipinski definition) is 2. The van der Waals surface area contributed by atoms with E-state index in [1.807, 2.05) is 42.5 Å². The molecule has 0 aromatic heterocycles. The van der Waals surface area contributed by atoms with E-state index in [4.69, 9.17) is 0 Å². The molecule has 2 N–H and O–H groups in total. The molecule has 0 aliphatic heterocycles. The third-order valence-electron chi connectivity index (χ3n) is 4.29. The second kappa shape index (κ2) is 7.18. The maximum Gasteiger partial charge on any atom is 0.251 e. The quantitative estimate of drug-likeness (QED) is 0.749. The van der Waals surface area contributed by atoms with Crippen molar-refractivity contribution in [3.8, 4) is 0 Å². The third-order valence-corrected chi connectivity index (χ3v) is 4.79. The lowest BCUT2D eigenvalue weighted by Gasteiger charge is -2.16. The van der Waals surface area contributed by atoms with Crippen molar-refractivity contribution in [3.63, 3.8) is 0 Å². The number of carbonyl (C=O) groups excluding carboxylic acids is 2. The van der Waals surface area contributed by atoms with Gasteiger partial charge in [0.05, 0.1) is 5.41 Å². The van der Waals surface area contributed by atoms with Gasteiger partial charge in [-0.1, -0.05) is 46.3 Å². The van der Waals surface area contributed by atoms with Crippen LogP contribution >= 0.6 is 15.9 Å². The molecule has 2 aromatic carbocycles. The molecule has 3 rings (SSSR count). The zero-order valence-electron chi connectivity index (χ0n) is 13.2. The largest absolute Gasteiger partial charge is 0.354 e. The van der Waals surface area contributed by atoms with Crippen LogP contribution in [0.25, 0.3) is 0 Å². The summed E-state index contributed by atoms with van der Waals surface area (Å²) in [5.41, 5.74) is 1.27. The van der Waals surface area contributed by atoms with E-state index in [0.29, 0.717) is 18.7 Å². The SMILES string of the molecule is O=C(NCCNC(=O)C1(c2cccc(Br)c2)CC1)c1ccccc1. The monoisotopic (exact) mass is 386 g/mol. The Morgan fingerprint density at radius 1 is 0.958 bits per heavy atom. The summed E-state index contributed by atoms with van der Waals surface area (Å²) in [6, 6.07) is 17.0. The minimum absolute atomic E-state index is 0.0366. The lowest BCUT2D eigenvalue weighted by molar-refractivity contribution is -0.123. The van der Waals surface area contributed by atoms with Gasteiger partial charge >= 0.3 is 0 Å². The predicted octanol–water partition coefficient (Wildman–Crippen LogP) is 3.03. The molecule has 1 aliphatic rings. The number of nitrogens with one attached hydrogen (secondary N) is 2. The summed E-state index contributed by atoms with van der Waals surface area (Å²) in [4.78, 5) is 24.4. The first-order valence-corrected chi connectivity index (χ1v) is 8.79. The zero-order chi connectivity index (χ0) is 17.0. The highest BCUT2D eigenvalue weighted by atomic mass is 79.9. The molecule has 0 atom stereocenters. The van der Waals surface area contributed by atoms with E-state index in [1.165, 1.54) is 0 Å². The number of carbonyl (C=O) groups is 2. The van der Waals surface area contributed by atoms with Crippen molar-refractivity contribution in [1.29, 1.82) is 0 Å². The van der Waals surface area contributed by atoms with E-state index >= 15 is 0 Å². The standard InChI is InChI=1S/C19H19BrN2O2/c20-16-8-4-7-15(13-16)19(9-10-19)18(24)22-12-11-21-17(23)14-5-2-1-3-6-14/h1-8,13H,9-12H2,(H,21,23)(H,22,24). The van der Waals surface area contributed by atoms with Crippen LogP contribution in [0.5, 0.6) is 0 Å². The second-order valence-electron chi connectivity index (χ2n) is 5.97. The van der Waals surface area contributed by atoms with Crippen LogP contribution in [-0.4, -0.2) is 24.9 Å². The highest BCUT2D eigenvalue weighted by molar-refractivity contribution is 9.10. The minimum Gasteiger partial charge on any atom is -0.354 e. The topological polar surface area (TPSA) is 58.2 Å². The van der Waals surface area contributed by atoms with Gasteiger partial charge in [-0.05, 0) is 42.7 Å². The number of halogens is 1. The summed E-state index contributed by atoms with van der Waals surface area (Å²) >= 11 is 3.45. The maximum atomic E-state index is 12.5. The molecule has 4 nitrogen and oxygen atoms in total. The molecular weight excluding hydrogens is 368 g/mol. The van der Waals surface area contributed by atoms with Gasteiger partial charge in [0.15, 0.2) is 0 Å². The molecule has 2 aromatic rings. The van der Waals surface area contributed by atoms with Crippen LogP contribution in [0.2, 0.25) is 0 Å². The lowest BCUT2D eigenvalue weighted by atomic mass is 9.95. The summed E-state index contributed by atoms with van der Waals surface area (Å²) in [6.07, 6.45) is 1.73. The Bertz CT molecular complexity index is 742. The smallest absolute Gasteiger partial charge is 0.251 e. The van der Waals surface area contributed by atoms with Gasteiger partial charge in [0.25, 0.3) is 5.91 Å². The van der Waals surface area contributed by atoms with Gasteiger partial charge in [-0.15, -0.1) is 0 Å². The van der Waals surface area contributed by atoms with Crippen molar-refractivity contribution in [1.82, 2.24) is 10.6 Å². The molecular formula is C19H19BrN2O2. The van der Waals surface area contributed by atoms with Crippen LogP contribution in [-0.2, 0) is 10.2 Å². The van der Waals surface area contributed by atoms with Crippen molar-refractivity contribution in [2.24, 2.45) is 0 Å². The predicted molar refractivity (Wildman–Crippen MR) is 96.8 cm³/mol. The molecule has 1 aliphatic carbocycles. The molecule has 1 fully saturated rings. The summed E-state index contributed by atoms with van der Waals surface area (Å²) in [5, 5.41) is 5.76. The van der Waals surface area contributed by atoms with Gasteiger partial charge in [-0.3, -0.25) is 9.59 Å². The number of amides is 2. The Kier molecular flexibility index (Phi) is 5.00. The molecule has 0 bridgehead atoms. The Labute approximate surface area is 149 Å². The fourth-order valence-corrected chi connectivity index (χ4v) is 3.17. The molecule has 0 saturated heterocycles. The molecule has 0 radical (unpaired) electrons. The number of benzene rings is 2. The van der Waals surface area contributed by atoms with Gasteiger partial charge in [0, 0.05) is 23.1 Å². The van der Waals surface area contributed by atoms with E-state index in [2.05, 4.69) is 26.6 Å². The van der Waals surface area contributed by atoms with Crippen LogP contribution in [0, 0.1) is 0 Å². The van der Waals surface area contributed by atoms with E-state index in [-0.39, 0.29) is 11.8 Å². The first-order valence-electron chi connectivity index (χ1n) is 7.99. The average Bonchev–Trinajstić information content (AvgIpc) is 3.41. The highest BCUT2D eigenvalue weighted by Gasteiger charge is 2.51. The highest BCUT2D eigenvalue weighted by Crippen LogP contribution is 2.48. The van der Waals surface area contributed by atoms with E-state index in [9.17, 15) is 9.59 Å². The summed E-state index contributed by atoms with van der Waals surface area (Å²) in [5.74, 6) is -0.0902. The zero-order valence-corrected chi connectivity index (χ0v) is 14.8. The molecule has 0 spiro atoms. The van der Waals surface area contributed by atoms with Crippen LogP contribution in [0.4, 0.5) is 0 Å². The third kappa shape index (κ3) is 3.67. The number of rotatable bonds is 6. The fraction of sp³-hybridized carbons (Fsp3) is 0.263. The van der Waals surface area contributed by atoms with Crippen LogP contribution in [0.3, 0.4) is 0 Å². The molecule has 5 heteroatoms. The van der Waals surface area contributed by atoms with E-state index in [1.54, 1.807) is 12.1 Å². The van der Waals surface area contributed by atoms with Gasteiger partial charge in [-0.2, -0.15) is 0 Å². The summed E-state index contributed by atoms with van der Waals surface area (Å²) < 4.78 is 0.981.